The fourth-order valence-corrected chi connectivity index (χ4v) is 4.39. The van der Waals surface area contributed by atoms with Gasteiger partial charge in [0.05, 0.1) is 15.9 Å². The molecule has 2 saturated heterocycles. The number of nitrogens with zero attached hydrogens (tertiary/aromatic N) is 2. The Morgan fingerprint density at radius 2 is 1.91 bits per heavy atom. The van der Waals surface area contributed by atoms with Crippen molar-refractivity contribution in [1.82, 2.24) is 15.1 Å². The molecule has 2 fully saturated rings. The Labute approximate surface area is 199 Å². The average Bonchev–Trinajstić information content (AvgIpc) is 3.17. The lowest BCUT2D eigenvalue weighted by Crippen LogP contribution is -2.52. The minimum atomic E-state index is -0.787. The summed E-state index contributed by atoms with van der Waals surface area (Å²) in [6, 6.07) is 7.82. The van der Waals surface area contributed by atoms with Gasteiger partial charge in [0.25, 0.3) is 5.91 Å². The summed E-state index contributed by atoms with van der Waals surface area (Å²) in [5.74, 6) is -1.20. The van der Waals surface area contributed by atoms with Gasteiger partial charge in [-0.05, 0) is 29.7 Å². The van der Waals surface area contributed by atoms with Crippen LogP contribution in [-0.2, 0) is 38.8 Å². The van der Waals surface area contributed by atoms with Crippen molar-refractivity contribution in [3.8, 4) is 5.75 Å². The van der Waals surface area contributed by atoms with Crippen LogP contribution < -0.4 is 10.1 Å². The van der Waals surface area contributed by atoms with E-state index in [1.807, 2.05) is 24.3 Å². The lowest BCUT2D eigenvalue weighted by Gasteiger charge is -2.29. The van der Waals surface area contributed by atoms with Gasteiger partial charge < -0.3 is 19.3 Å². The van der Waals surface area contributed by atoms with Gasteiger partial charge in [-0.25, -0.2) is 0 Å². The molecule has 4 amide bonds. The van der Waals surface area contributed by atoms with E-state index in [-0.39, 0.29) is 67.8 Å². The van der Waals surface area contributed by atoms with Crippen molar-refractivity contribution in [3.63, 3.8) is 0 Å². The summed E-state index contributed by atoms with van der Waals surface area (Å²) >= 11 is 0. The van der Waals surface area contributed by atoms with Crippen molar-refractivity contribution in [2.45, 2.75) is 38.6 Å². The number of carbonyl (C=O) groups excluding carboxylic acids is 4. The summed E-state index contributed by atoms with van der Waals surface area (Å²) in [5.41, 5.74) is 2.49. The van der Waals surface area contributed by atoms with E-state index in [4.69, 9.17) is 12.2 Å². The van der Waals surface area contributed by atoms with Gasteiger partial charge in [-0.3, -0.25) is 24.5 Å². The summed E-state index contributed by atoms with van der Waals surface area (Å²) in [5, 5.41) is 2.27. The summed E-state index contributed by atoms with van der Waals surface area (Å²) in [4.78, 5) is 52.0. The van der Waals surface area contributed by atoms with Crippen LogP contribution in [0, 0.1) is 0 Å². The van der Waals surface area contributed by atoms with E-state index in [9.17, 15) is 19.2 Å². The van der Waals surface area contributed by atoms with Gasteiger partial charge >= 0.3 is 0 Å². The Morgan fingerprint density at radius 3 is 2.68 bits per heavy atom. The number of nitrogens with one attached hydrogen (secondary N) is 1. The van der Waals surface area contributed by atoms with Crippen molar-refractivity contribution in [3.05, 3.63) is 64.7 Å². The minimum Gasteiger partial charge on any atom is -0.489 e. The molecule has 9 nitrogen and oxygen atoms in total. The van der Waals surface area contributed by atoms with Crippen molar-refractivity contribution >= 4 is 23.6 Å². The predicted molar refractivity (Wildman–Crippen MR) is 119 cm³/mol. The Kier molecular flexibility index (Phi) is 5.37. The van der Waals surface area contributed by atoms with Crippen molar-refractivity contribution < 1.29 is 31.4 Å². The lowest BCUT2D eigenvalue weighted by atomic mass is 10.0. The number of benzene rings is 2. The molecule has 1 atom stereocenters. The Balaban J connectivity index is 1.30. The highest BCUT2D eigenvalue weighted by molar-refractivity contribution is 6.05. The molecule has 34 heavy (non-hydrogen) atoms. The second-order valence-electron chi connectivity index (χ2n) is 8.51. The van der Waals surface area contributed by atoms with Crippen LogP contribution in [0.5, 0.6) is 5.75 Å². The first-order valence-corrected chi connectivity index (χ1v) is 11.2. The first kappa shape index (κ1) is 19.7. The van der Waals surface area contributed by atoms with Crippen LogP contribution in [0.15, 0.2) is 42.4 Å². The summed E-state index contributed by atoms with van der Waals surface area (Å²) in [6.07, 6.45) is 0.368. The molecule has 3 heterocycles. The molecule has 0 aliphatic carbocycles. The fourth-order valence-electron chi connectivity index (χ4n) is 4.39. The number of amides is 4. The predicted octanol–water partition coefficient (Wildman–Crippen LogP) is 1.39. The van der Waals surface area contributed by atoms with Gasteiger partial charge in [0.1, 0.15) is 25.0 Å². The molecule has 1 N–H and O–H groups in total. The number of hydrogen-bond acceptors (Lipinski definition) is 6. The lowest BCUT2D eigenvalue weighted by molar-refractivity contribution is -0.143. The highest BCUT2D eigenvalue weighted by Gasteiger charge is 2.40. The number of hydrogen-bond donors (Lipinski definition) is 1. The molecule has 9 heteroatoms. The second kappa shape index (κ2) is 9.26. The number of rotatable bonds is 6. The molecular weight excluding hydrogens is 438 g/mol. The summed E-state index contributed by atoms with van der Waals surface area (Å²) in [6.45, 7) is 1.85. The molecule has 176 valence electrons. The maximum Gasteiger partial charge on any atom is 0.255 e. The maximum atomic E-state index is 13.1. The molecule has 3 aliphatic heterocycles. The van der Waals surface area contributed by atoms with E-state index >= 15 is 0 Å². The Bertz CT molecular complexity index is 1250. The van der Waals surface area contributed by atoms with E-state index in [0.29, 0.717) is 25.3 Å². The third-order valence-electron chi connectivity index (χ3n) is 6.27. The largest absolute Gasteiger partial charge is 0.489 e. The van der Waals surface area contributed by atoms with E-state index in [1.165, 1.54) is 11.0 Å². The van der Waals surface area contributed by atoms with Gasteiger partial charge in [0, 0.05) is 30.6 Å². The topological polar surface area (TPSA) is 105 Å². The monoisotopic (exact) mass is 465 g/mol. The molecule has 2 aromatic carbocycles. The average molecular weight is 466 g/mol. The number of carbonyl (C=O) groups is 4. The number of piperidine rings is 1. The zero-order valence-electron chi connectivity index (χ0n) is 20.5. The van der Waals surface area contributed by atoms with Crippen LogP contribution in [0.1, 0.15) is 42.6 Å². The van der Waals surface area contributed by atoms with Crippen LogP contribution in [0.4, 0.5) is 0 Å². The third-order valence-corrected chi connectivity index (χ3v) is 6.27. The smallest absolute Gasteiger partial charge is 0.255 e. The molecule has 2 aromatic rings. The SMILES string of the molecule is [2H]c1cc2c(c(OCc3ccc(CN4CCOCC4=O)cc3)c1[2H])CN(C1CCC(=O)NC1=O)C2=O. The zero-order valence-corrected chi connectivity index (χ0v) is 18.5. The van der Waals surface area contributed by atoms with E-state index < -0.39 is 17.9 Å². The molecule has 1 unspecified atom stereocenters. The second-order valence-corrected chi connectivity index (χ2v) is 8.51. The quantitative estimate of drug-likeness (QED) is 0.647. The van der Waals surface area contributed by atoms with E-state index in [2.05, 4.69) is 5.32 Å². The first-order valence-electron chi connectivity index (χ1n) is 12.2. The first-order chi connectivity index (χ1) is 17.3. The maximum absolute atomic E-state index is 13.1. The molecular formula is C25H25N3O6. The number of morpholine rings is 1. The van der Waals surface area contributed by atoms with Gasteiger partial charge in [-0.15, -0.1) is 0 Å². The fraction of sp³-hybridized carbons (Fsp3) is 0.360. The molecule has 5 rings (SSSR count). The molecule has 3 aliphatic rings. The normalized spacial score (nSPS) is 21.2. The zero-order chi connectivity index (χ0) is 25.4. The van der Waals surface area contributed by atoms with Crippen LogP contribution in [0.2, 0.25) is 0 Å². The summed E-state index contributed by atoms with van der Waals surface area (Å²) < 4.78 is 27.6. The Morgan fingerprint density at radius 1 is 1.12 bits per heavy atom. The van der Waals surface area contributed by atoms with Crippen molar-refractivity contribution in [1.29, 1.82) is 0 Å². The van der Waals surface area contributed by atoms with Crippen molar-refractivity contribution in [2.24, 2.45) is 0 Å². The molecule has 0 radical (unpaired) electrons. The molecule has 0 spiro atoms. The van der Waals surface area contributed by atoms with Gasteiger partial charge in [-0.2, -0.15) is 0 Å². The van der Waals surface area contributed by atoms with Crippen LogP contribution in [0.3, 0.4) is 0 Å². The van der Waals surface area contributed by atoms with E-state index in [0.717, 1.165) is 11.1 Å². The third kappa shape index (κ3) is 4.38. The van der Waals surface area contributed by atoms with E-state index in [1.54, 1.807) is 4.90 Å². The molecule has 0 bridgehead atoms. The van der Waals surface area contributed by atoms with Crippen LogP contribution >= 0.6 is 0 Å². The number of ether oxygens (including phenoxy) is 2. The van der Waals surface area contributed by atoms with Gasteiger partial charge in [-0.1, -0.05) is 30.3 Å². The van der Waals surface area contributed by atoms with Crippen LogP contribution in [-0.4, -0.2) is 59.2 Å². The summed E-state index contributed by atoms with van der Waals surface area (Å²) in [7, 11) is 0. The standard InChI is InChI=1S/C25H25N3O6/c29-22-9-8-20(24(31)26-22)28-13-19-18(25(28)32)2-1-3-21(19)34-14-17-6-4-16(5-7-17)12-27-10-11-33-15-23(27)30/h1-7,20H,8-15H2,(H,26,29,31)/i1D,3D. The Hall–Kier alpha value is -3.72. The highest BCUT2D eigenvalue weighted by atomic mass is 16.5. The number of fused-ring (bicyclic) bond motifs is 1. The van der Waals surface area contributed by atoms with Gasteiger partial charge in [0.2, 0.25) is 17.7 Å². The molecule has 0 saturated carbocycles. The van der Waals surface area contributed by atoms with Gasteiger partial charge in [0.15, 0.2) is 0 Å². The van der Waals surface area contributed by atoms with Crippen LogP contribution in [0.25, 0.3) is 0 Å². The minimum absolute atomic E-state index is 0.0401. The number of imide groups is 1. The highest BCUT2D eigenvalue weighted by Crippen LogP contribution is 2.34. The molecule has 0 aromatic heterocycles. The van der Waals surface area contributed by atoms with Crippen molar-refractivity contribution in [2.75, 3.05) is 19.8 Å².